The number of hydrogen-bond donors (Lipinski definition) is 1. The lowest BCUT2D eigenvalue weighted by Gasteiger charge is -2.14. The molecule has 1 amide bonds. The van der Waals surface area contributed by atoms with E-state index in [1.54, 1.807) is 21.7 Å². The maximum absolute atomic E-state index is 13.4. The first-order valence-electron chi connectivity index (χ1n) is 9.53. The van der Waals surface area contributed by atoms with Crippen LogP contribution in [0.1, 0.15) is 23.6 Å². The van der Waals surface area contributed by atoms with Crippen LogP contribution in [-0.2, 0) is 4.79 Å². The van der Waals surface area contributed by atoms with Crippen LogP contribution in [-0.4, -0.2) is 56.4 Å². The van der Waals surface area contributed by atoms with E-state index in [4.69, 9.17) is 4.42 Å². The fraction of sp³-hybridized carbons (Fsp3) is 0.400. The Labute approximate surface area is 167 Å². The standard InChI is InChI=1S/C20H23FN6O2/c1-12-8-13(2)27(25-12)18-9-17(22-19(28)11-26-7-6-15(21)10-26)23-20(24-18)16-5-4-14(3)29-16/h4-5,8-9,15H,6-7,10-11H2,1-3H3,(H,22,23,24,28). The van der Waals surface area contributed by atoms with Gasteiger partial charge in [-0.2, -0.15) is 5.10 Å². The van der Waals surface area contributed by atoms with E-state index >= 15 is 0 Å². The van der Waals surface area contributed by atoms with Crippen molar-refractivity contribution in [2.75, 3.05) is 25.0 Å². The van der Waals surface area contributed by atoms with Crippen molar-refractivity contribution in [3.05, 3.63) is 41.4 Å². The largest absolute Gasteiger partial charge is 0.458 e. The van der Waals surface area contributed by atoms with Crippen LogP contribution in [0, 0.1) is 20.8 Å². The highest BCUT2D eigenvalue weighted by Gasteiger charge is 2.24. The molecule has 1 saturated heterocycles. The van der Waals surface area contributed by atoms with Crippen molar-refractivity contribution in [3.63, 3.8) is 0 Å². The van der Waals surface area contributed by atoms with Gasteiger partial charge >= 0.3 is 0 Å². The summed E-state index contributed by atoms with van der Waals surface area (Å²) in [5.74, 6) is 2.20. The molecule has 0 bridgehead atoms. The third kappa shape index (κ3) is 4.34. The smallest absolute Gasteiger partial charge is 0.239 e. The molecule has 4 rings (SSSR count). The molecule has 29 heavy (non-hydrogen) atoms. The average molecular weight is 398 g/mol. The summed E-state index contributed by atoms with van der Waals surface area (Å²) in [5.41, 5.74) is 1.77. The second-order valence-electron chi connectivity index (χ2n) is 7.35. The maximum atomic E-state index is 13.4. The fourth-order valence-corrected chi connectivity index (χ4v) is 3.45. The van der Waals surface area contributed by atoms with E-state index in [2.05, 4.69) is 20.4 Å². The zero-order valence-corrected chi connectivity index (χ0v) is 16.6. The van der Waals surface area contributed by atoms with Gasteiger partial charge in [0.05, 0.1) is 12.2 Å². The van der Waals surface area contributed by atoms with Gasteiger partial charge in [-0.25, -0.2) is 19.0 Å². The topological polar surface area (TPSA) is 89.1 Å². The first-order valence-corrected chi connectivity index (χ1v) is 9.53. The highest BCUT2D eigenvalue weighted by Crippen LogP contribution is 2.23. The monoisotopic (exact) mass is 398 g/mol. The Morgan fingerprint density at radius 1 is 1.28 bits per heavy atom. The van der Waals surface area contributed by atoms with E-state index in [0.717, 1.165) is 17.1 Å². The number of alkyl halides is 1. The second-order valence-corrected chi connectivity index (χ2v) is 7.35. The van der Waals surface area contributed by atoms with Gasteiger partial charge in [0, 0.05) is 24.8 Å². The van der Waals surface area contributed by atoms with Gasteiger partial charge in [-0.1, -0.05) is 0 Å². The van der Waals surface area contributed by atoms with Crippen molar-refractivity contribution >= 4 is 11.7 Å². The molecule has 0 saturated carbocycles. The van der Waals surface area contributed by atoms with Crippen molar-refractivity contribution in [2.45, 2.75) is 33.4 Å². The van der Waals surface area contributed by atoms with E-state index < -0.39 is 6.17 Å². The van der Waals surface area contributed by atoms with Crippen molar-refractivity contribution in [1.29, 1.82) is 0 Å². The number of rotatable bonds is 5. The molecule has 0 spiro atoms. The first-order chi connectivity index (χ1) is 13.9. The van der Waals surface area contributed by atoms with Crippen LogP contribution in [0.5, 0.6) is 0 Å². The van der Waals surface area contributed by atoms with Gasteiger partial charge in [-0.15, -0.1) is 0 Å². The summed E-state index contributed by atoms with van der Waals surface area (Å²) in [7, 11) is 0. The zero-order valence-electron chi connectivity index (χ0n) is 16.6. The van der Waals surface area contributed by atoms with E-state index in [1.807, 2.05) is 32.9 Å². The number of halogens is 1. The molecular weight excluding hydrogens is 375 g/mol. The summed E-state index contributed by atoms with van der Waals surface area (Å²) < 4.78 is 20.7. The molecule has 3 aromatic heterocycles. The van der Waals surface area contributed by atoms with Crippen LogP contribution < -0.4 is 5.32 Å². The maximum Gasteiger partial charge on any atom is 0.239 e. The van der Waals surface area contributed by atoms with Crippen LogP contribution in [0.25, 0.3) is 17.4 Å². The molecule has 1 aliphatic rings. The molecule has 4 heterocycles. The number of likely N-dealkylation sites (tertiary alicyclic amines) is 1. The summed E-state index contributed by atoms with van der Waals surface area (Å²) in [6.45, 7) is 6.65. The Morgan fingerprint density at radius 3 is 2.72 bits per heavy atom. The number of hydrogen-bond acceptors (Lipinski definition) is 6. The quantitative estimate of drug-likeness (QED) is 0.711. The first kappa shape index (κ1) is 19.3. The predicted octanol–water partition coefficient (Wildman–Crippen LogP) is 2.83. The molecule has 8 nitrogen and oxygen atoms in total. The molecular formula is C20H23FN6O2. The number of furan rings is 1. The number of carbonyl (C=O) groups excluding carboxylic acids is 1. The van der Waals surface area contributed by atoms with E-state index in [9.17, 15) is 9.18 Å². The normalized spacial score (nSPS) is 17.0. The van der Waals surface area contributed by atoms with E-state index in [0.29, 0.717) is 36.2 Å². The Balaban J connectivity index is 1.64. The second kappa shape index (κ2) is 7.75. The Morgan fingerprint density at radius 2 is 2.10 bits per heavy atom. The molecule has 1 N–H and O–H groups in total. The number of carbonyl (C=O) groups is 1. The van der Waals surface area contributed by atoms with Gasteiger partial charge in [0.1, 0.15) is 17.7 Å². The molecule has 152 valence electrons. The van der Waals surface area contributed by atoms with Crippen LogP contribution in [0.3, 0.4) is 0 Å². The van der Waals surface area contributed by atoms with Crippen LogP contribution in [0.2, 0.25) is 0 Å². The average Bonchev–Trinajstić information content (AvgIpc) is 3.35. The summed E-state index contributed by atoms with van der Waals surface area (Å²) >= 11 is 0. The van der Waals surface area contributed by atoms with Gasteiger partial charge in [0.25, 0.3) is 0 Å². The lowest BCUT2D eigenvalue weighted by atomic mass is 10.3. The Kier molecular flexibility index (Phi) is 5.14. The van der Waals surface area contributed by atoms with Crippen molar-refractivity contribution in [1.82, 2.24) is 24.6 Å². The number of anilines is 1. The minimum Gasteiger partial charge on any atom is -0.458 e. The summed E-state index contributed by atoms with van der Waals surface area (Å²) in [4.78, 5) is 23.3. The molecule has 0 radical (unpaired) electrons. The molecule has 3 aromatic rings. The minimum absolute atomic E-state index is 0.120. The van der Waals surface area contributed by atoms with E-state index in [1.165, 1.54) is 0 Å². The molecule has 9 heteroatoms. The molecule has 1 atom stereocenters. The van der Waals surface area contributed by atoms with Crippen LogP contribution >= 0.6 is 0 Å². The van der Waals surface area contributed by atoms with Gasteiger partial charge in [-0.3, -0.25) is 9.69 Å². The van der Waals surface area contributed by atoms with Crippen LogP contribution in [0.15, 0.2) is 28.7 Å². The molecule has 1 fully saturated rings. The Hall–Kier alpha value is -3.07. The molecule has 0 aliphatic carbocycles. The highest BCUT2D eigenvalue weighted by molar-refractivity contribution is 5.91. The van der Waals surface area contributed by atoms with E-state index in [-0.39, 0.29) is 19.0 Å². The number of nitrogens with one attached hydrogen (secondary N) is 1. The van der Waals surface area contributed by atoms with Crippen molar-refractivity contribution in [3.8, 4) is 17.4 Å². The fourth-order valence-electron chi connectivity index (χ4n) is 3.45. The number of aryl methyl sites for hydroxylation is 3. The lowest BCUT2D eigenvalue weighted by molar-refractivity contribution is -0.117. The minimum atomic E-state index is -0.867. The van der Waals surface area contributed by atoms with Gasteiger partial charge in [0.2, 0.25) is 5.91 Å². The molecule has 0 aromatic carbocycles. The highest BCUT2D eigenvalue weighted by atomic mass is 19.1. The SMILES string of the molecule is Cc1cc(C)n(-c2cc(NC(=O)CN3CCC(F)C3)nc(-c3ccc(C)o3)n2)n1. The molecule has 1 unspecified atom stereocenters. The number of amides is 1. The number of nitrogens with zero attached hydrogens (tertiary/aromatic N) is 5. The third-order valence-corrected chi connectivity index (χ3v) is 4.75. The Bertz CT molecular complexity index is 1040. The number of aromatic nitrogens is 4. The van der Waals surface area contributed by atoms with Crippen molar-refractivity contribution in [2.24, 2.45) is 0 Å². The predicted molar refractivity (Wildman–Crippen MR) is 106 cm³/mol. The van der Waals surface area contributed by atoms with Gasteiger partial charge in [-0.05, 0) is 45.4 Å². The van der Waals surface area contributed by atoms with Crippen molar-refractivity contribution < 1.29 is 13.6 Å². The zero-order chi connectivity index (χ0) is 20.5. The lowest BCUT2D eigenvalue weighted by Crippen LogP contribution is -2.32. The van der Waals surface area contributed by atoms with Crippen LogP contribution in [0.4, 0.5) is 10.2 Å². The summed E-state index contributed by atoms with van der Waals surface area (Å²) in [6.07, 6.45) is -0.404. The van der Waals surface area contributed by atoms with Gasteiger partial charge in [0.15, 0.2) is 17.4 Å². The van der Waals surface area contributed by atoms with Gasteiger partial charge < -0.3 is 9.73 Å². The third-order valence-electron chi connectivity index (χ3n) is 4.75. The summed E-state index contributed by atoms with van der Waals surface area (Å²) in [6, 6.07) is 7.22. The molecule has 1 aliphatic heterocycles. The summed E-state index contributed by atoms with van der Waals surface area (Å²) in [5, 5.41) is 7.27.